The minimum absolute atomic E-state index is 0.161. The molecule has 1 aromatic heterocycles. The van der Waals surface area contributed by atoms with Crippen molar-refractivity contribution < 1.29 is 17.2 Å². The third-order valence-corrected chi connectivity index (χ3v) is 5.11. The summed E-state index contributed by atoms with van der Waals surface area (Å²) in [5, 5.41) is 3.86. The van der Waals surface area contributed by atoms with Crippen LogP contribution in [0.4, 0.5) is 14.6 Å². The number of hydrogen-bond donors (Lipinski definition) is 2. The molecule has 3 N–H and O–H groups in total. The number of halogens is 3. The van der Waals surface area contributed by atoms with Gasteiger partial charge in [-0.3, -0.25) is 4.68 Å². The number of nitrogens with zero attached hydrogens (tertiary/aromatic N) is 2. The molecule has 0 aliphatic carbocycles. The number of nitrogens with one attached hydrogen (secondary N) is 1. The van der Waals surface area contributed by atoms with Crippen molar-refractivity contribution in [1.29, 1.82) is 0 Å². The van der Waals surface area contributed by atoms with Gasteiger partial charge in [0, 0.05) is 29.7 Å². The molecule has 10 heteroatoms. The summed E-state index contributed by atoms with van der Waals surface area (Å²) >= 11 is 2.84. The first kappa shape index (κ1) is 15.9. The van der Waals surface area contributed by atoms with Crippen molar-refractivity contribution in [3.05, 3.63) is 40.0 Å². The fourth-order valence-electron chi connectivity index (χ4n) is 1.66. The monoisotopic (exact) mass is 380 g/mol. The molecule has 0 fully saturated rings. The van der Waals surface area contributed by atoms with Crippen LogP contribution in [0.5, 0.6) is 0 Å². The van der Waals surface area contributed by atoms with Gasteiger partial charge in [0.25, 0.3) is 0 Å². The largest absolute Gasteiger partial charge is 0.384 e. The zero-order chi connectivity index (χ0) is 15.8. The first-order chi connectivity index (χ1) is 9.72. The van der Waals surface area contributed by atoms with Gasteiger partial charge in [-0.05, 0) is 22.0 Å². The van der Waals surface area contributed by atoms with Crippen molar-refractivity contribution >= 4 is 31.8 Å². The zero-order valence-electron chi connectivity index (χ0n) is 10.8. The summed E-state index contributed by atoms with van der Waals surface area (Å²) in [6.45, 7) is -0.161. The molecule has 0 aliphatic rings. The topological polar surface area (TPSA) is 90.0 Å². The number of aryl methyl sites for hydroxylation is 1. The van der Waals surface area contributed by atoms with E-state index in [1.54, 1.807) is 7.05 Å². The zero-order valence-corrected chi connectivity index (χ0v) is 13.2. The molecular weight excluding hydrogens is 370 g/mol. The molecule has 0 spiro atoms. The van der Waals surface area contributed by atoms with E-state index < -0.39 is 26.6 Å². The lowest BCUT2D eigenvalue weighted by atomic mass is 10.3. The van der Waals surface area contributed by atoms with E-state index in [2.05, 4.69) is 25.8 Å². The van der Waals surface area contributed by atoms with E-state index in [4.69, 9.17) is 5.73 Å². The van der Waals surface area contributed by atoms with Crippen LogP contribution >= 0.6 is 15.9 Å². The molecule has 6 nitrogen and oxygen atoms in total. The van der Waals surface area contributed by atoms with Crippen molar-refractivity contribution in [3.8, 4) is 0 Å². The van der Waals surface area contributed by atoms with Crippen LogP contribution in [0.2, 0.25) is 0 Å². The van der Waals surface area contributed by atoms with Crippen molar-refractivity contribution in [3.63, 3.8) is 0 Å². The summed E-state index contributed by atoms with van der Waals surface area (Å²) in [6, 6.07) is 1.37. The molecule has 0 amide bonds. The summed E-state index contributed by atoms with van der Waals surface area (Å²) in [5.74, 6) is -1.78. The third-order valence-electron chi connectivity index (χ3n) is 2.75. The van der Waals surface area contributed by atoms with E-state index in [0.717, 1.165) is 6.07 Å². The Balaban J connectivity index is 2.29. The Morgan fingerprint density at radius 1 is 1.43 bits per heavy atom. The predicted molar refractivity (Wildman–Crippen MR) is 75.7 cm³/mol. The second-order valence-corrected chi connectivity index (χ2v) is 6.76. The maximum Gasteiger partial charge on any atom is 0.244 e. The summed E-state index contributed by atoms with van der Waals surface area (Å²) < 4.78 is 54.3. The minimum Gasteiger partial charge on any atom is -0.384 e. The maximum atomic E-state index is 13.7. The smallest absolute Gasteiger partial charge is 0.244 e. The van der Waals surface area contributed by atoms with Crippen LogP contribution in [0.3, 0.4) is 0 Å². The molecule has 0 aliphatic heterocycles. The summed E-state index contributed by atoms with van der Waals surface area (Å²) in [6.07, 6.45) is 1.40. The van der Waals surface area contributed by atoms with Crippen LogP contribution in [-0.4, -0.2) is 18.2 Å². The van der Waals surface area contributed by atoms with Crippen LogP contribution in [0.25, 0.3) is 0 Å². The van der Waals surface area contributed by atoms with Gasteiger partial charge >= 0.3 is 0 Å². The number of rotatable bonds is 4. The summed E-state index contributed by atoms with van der Waals surface area (Å²) in [5.41, 5.74) is 6.13. The number of hydrogen-bond acceptors (Lipinski definition) is 4. The minimum atomic E-state index is -4.18. The predicted octanol–water partition coefficient (Wildman–Crippen LogP) is 1.52. The molecule has 0 saturated carbocycles. The highest BCUT2D eigenvalue weighted by Gasteiger charge is 2.24. The molecule has 0 radical (unpaired) electrons. The fourth-order valence-corrected chi connectivity index (χ4v) is 3.83. The second kappa shape index (κ2) is 5.70. The van der Waals surface area contributed by atoms with Crippen molar-refractivity contribution in [2.45, 2.75) is 11.4 Å². The van der Waals surface area contributed by atoms with E-state index >= 15 is 0 Å². The SMILES string of the molecule is Cn1ncc(CNS(=O)(=O)c2c(F)cc(F)cc2Br)c1N. The first-order valence-corrected chi connectivity index (χ1v) is 7.90. The summed E-state index contributed by atoms with van der Waals surface area (Å²) in [4.78, 5) is -0.661. The van der Waals surface area contributed by atoms with Crippen molar-refractivity contribution in [2.24, 2.45) is 7.05 Å². The highest BCUT2D eigenvalue weighted by Crippen LogP contribution is 2.26. The molecule has 114 valence electrons. The molecule has 2 aromatic rings. The molecule has 0 bridgehead atoms. The van der Waals surface area contributed by atoms with E-state index in [9.17, 15) is 17.2 Å². The quantitative estimate of drug-likeness (QED) is 0.841. The lowest BCUT2D eigenvalue weighted by Gasteiger charge is -2.09. The van der Waals surface area contributed by atoms with Gasteiger partial charge in [0.1, 0.15) is 22.3 Å². The van der Waals surface area contributed by atoms with Crippen LogP contribution in [0, 0.1) is 11.6 Å². The number of nitrogen functional groups attached to an aromatic ring is 1. The maximum absolute atomic E-state index is 13.7. The average molecular weight is 381 g/mol. The number of sulfonamides is 1. The lowest BCUT2D eigenvalue weighted by molar-refractivity contribution is 0.540. The van der Waals surface area contributed by atoms with Gasteiger partial charge in [0.05, 0.1) is 6.20 Å². The van der Waals surface area contributed by atoms with Crippen molar-refractivity contribution in [2.75, 3.05) is 5.73 Å². The molecule has 1 heterocycles. The van der Waals surface area contributed by atoms with Gasteiger partial charge in [0.2, 0.25) is 10.0 Å². The Hall–Kier alpha value is -1.52. The number of nitrogens with two attached hydrogens (primary N) is 1. The van der Waals surface area contributed by atoms with Crippen molar-refractivity contribution in [1.82, 2.24) is 14.5 Å². The Labute approximate surface area is 128 Å². The highest BCUT2D eigenvalue weighted by atomic mass is 79.9. The molecule has 0 unspecified atom stereocenters. The van der Waals surface area contributed by atoms with Crippen LogP contribution in [0.1, 0.15) is 5.56 Å². The molecule has 2 rings (SSSR count). The van der Waals surface area contributed by atoms with Gasteiger partial charge < -0.3 is 5.73 Å². The Kier molecular flexibility index (Phi) is 4.30. The highest BCUT2D eigenvalue weighted by molar-refractivity contribution is 9.10. The van der Waals surface area contributed by atoms with Crippen LogP contribution in [0.15, 0.2) is 27.7 Å². The van der Waals surface area contributed by atoms with Crippen LogP contribution < -0.4 is 10.5 Å². The molecule has 21 heavy (non-hydrogen) atoms. The van der Waals surface area contributed by atoms with Gasteiger partial charge in [0.15, 0.2) is 0 Å². The van der Waals surface area contributed by atoms with Crippen LogP contribution in [-0.2, 0) is 23.6 Å². The molecular formula is C11H11BrF2N4O2S. The number of aromatic nitrogens is 2. The molecule has 0 atom stereocenters. The third kappa shape index (κ3) is 3.22. The van der Waals surface area contributed by atoms with E-state index in [-0.39, 0.29) is 16.8 Å². The Morgan fingerprint density at radius 2 is 2.10 bits per heavy atom. The van der Waals surface area contributed by atoms with Gasteiger partial charge in [-0.2, -0.15) is 5.10 Å². The van der Waals surface area contributed by atoms with E-state index in [1.165, 1.54) is 10.9 Å². The van der Waals surface area contributed by atoms with Gasteiger partial charge in [-0.1, -0.05) is 0 Å². The normalized spacial score (nSPS) is 11.8. The first-order valence-electron chi connectivity index (χ1n) is 5.63. The van der Waals surface area contributed by atoms with E-state index in [0.29, 0.717) is 11.6 Å². The number of benzene rings is 1. The number of anilines is 1. The second-order valence-electron chi connectivity index (χ2n) is 4.20. The lowest BCUT2D eigenvalue weighted by Crippen LogP contribution is -2.25. The van der Waals surface area contributed by atoms with Gasteiger partial charge in [-0.15, -0.1) is 0 Å². The van der Waals surface area contributed by atoms with E-state index in [1.807, 2.05) is 0 Å². The fraction of sp³-hybridized carbons (Fsp3) is 0.182. The Bertz CT molecular complexity index is 769. The average Bonchev–Trinajstić information content (AvgIpc) is 2.66. The molecule has 1 aromatic carbocycles. The standard InChI is InChI=1S/C11H11BrF2N4O2S/c1-18-11(15)6(4-16-18)5-17-21(19,20)10-8(12)2-7(13)3-9(10)14/h2-4,17H,5,15H2,1H3. The Morgan fingerprint density at radius 3 is 2.62 bits per heavy atom. The van der Waals surface area contributed by atoms with Gasteiger partial charge in [-0.25, -0.2) is 21.9 Å². The summed E-state index contributed by atoms with van der Waals surface area (Å²) in [7, 11) is -2.57. The molecule has 0 saturated heterocycles.